The van der Waals surface area contributed by atoms with Gasteiger partial charge in [-0.1, -0.05) is 42.5 Å². The zero-order valence-corrected chi connectivity index (χ0v) is 18.7. The van der Waals surface area contributed by atoms with Crippen molar-refractivity contribution in [2.75, 3.05) is 39.5 Å². The van der Waals surface area contributed by atoms with Crippen LogP contribution in [0.3, 0.4) is 0 Å². The van der Waals surface area contributed by atoms with Crippen molar-refractivity contribution in [3.63, 3.8) is 0 Å². The van der Waals surface area contributed by atoms with Crippen LogP contribution in [0.25, 0.3) is 0 Å². The predicted molar refractivity (Wildman–Crippen MR) is 128 cm³/mol. The second kappa shape index (κ2) is 12.0. The van der Waals surface area contributed by atoms with E-state index in [0.717, 1.165) is 61.2 Å². The number of nitrogens with one attached hydrogen (secondary N) is 1. The summed E-state index contributed by atoms with van der Waals surface area (Å²) >= 11 is 0. The Morgan fingerprint density at radius 2 is 1.45 bits per heavy atom. The fourth-order valence-corrected chi connectivity index (χ4v) is 3.58. The van der Waals surface area contributed by atoms with E-state index in [1.54, 1.807) is 0 Å². The van der Waals surface area contributed by atoms with Gasteiger partial charge in [0.05, 0.1) is 19.6 Å². The van der Waals surface area contributed by atoms with E-state index in [1.807, 2.05) is 78.9 Å². The molecule has 0 radical (unpaired) electrons. The van der Waals surface area contributed by atoms with Crippen LogP contribution in [-0.2, 0) is 22.5 Å². The first-order chi connectivity index (χ1) is 16.2. The van der Waals surface area contributed by atoms with E-state index in [9.17, 15) is 4.79 Å². The number of morpholine rings is 1. The third-order valence-corrected chi connectivity index (χ3v) is 5.46. The van der Waals surface area contributed by atoms with Crippen LogP contribution in [0.1, 0.15) is 11.1 Å². The highest BCUT2D eigenvalue weighted by molar-refractivity contribution is 5.78. The average molecular weight is 447 g/mol. The minimum absolute atomic E-state index is 0.00813. The van der Waals surface area contributed by atoms with Crippen molar-refractivity contribution in [3.8, 4) is 17.2 Å². The topological polar surface area (TPSA) is 60.0 Å². The third kappa shape index (κ3) is 7.63. The maximum absolute atomic E-state index is 12.1. The molecule has 0 atom stereocenters. The molecular weight excluding hydrogens is 416 g/mol. The van der Waals surface area contributed by atoms with Crippen LogP contribution in [0.5, 0.6) is 17.2 Å². The Morgan fingerprint density at radius 1 is 0.818 bits per heavy atom. The van der Waals surface area contributed by atoms with Gasteiger partial charge in [-0.05, 0) is 47.5 Å². The Hall–Kier alpha value is -3.35. The number of benzene rings is 3. The van der Waals surface area contributed by atoms with Crippen molar-refractivity contribution in [1.82, 2.24) is 10.2 Å². The number of ether oxygens (including phenoxy) is 3. The molecule has 0 saturated carbocycles. The first-order valence-corrected chi connectivity index (χ1v) is 11.3. The summed E-state index contributed by atoms with van der Waals surface area (Å²) in [5.41, 5.74) is 2.03. The van der Waals surface area contributed by atoms with Crippen molar-refractivity contribution in [1.29, 1.82) is 0 Å². The molecule has 1 aliphatic rings. The average Bonchev–Trinajstić information content (AvgIpc) is 2.86. The van der Waals surface area contributed by atoms with E-state index in [-0.39, 0.29) is 5.91 Å². The van der Waals surface area contributed by atoms with Crippen LogP contribution >= 0.6 is 0 Å². The highest BCUT2D eigenvalue weighted by Gasteiger charge is 2.10. The second-order valence-corrected chi connectivity index (χ2v) is 7.96. The summed E-state index contributed by atoms with van der Waals surface area (Å²) in [7, 11) is 0. The summed E-state index contributed by atoms with van der Waals surface area (Å²) in [4.78, 5) is 14.5. The van der Waals surface area contributed by atoms with E-state index in [1.165, 1.54) is 0 Å². The molecule has 6 heteroatoms. The van der Waals surface area contributed by atoms with Crippen LogP contribution in [0.15, 0.2) is 78.9 Å². The lowest BCUT2D eigenvalue weighted by molar-refractivity contribution is -0.120. The van der Waals surface area contributed by atoms with E-state index in [2.05, 4.69) is 10.2 Å². The molecule has 0 spiro atoms. The minimum Gasteiger partial charge on any atom is -0.492 e. The Labute approximate surface area is 195 Å². The van der Waals surface area contributed by atoms with Crippen molar-refractivity contribution in [3.05, 3.63) is 90.0 Å². The first kappa shape index (κ1) is 22.8. The lowest BCUT2D eigenvalue weighted by Crippen LogP contribution is -2.38. The summed E-state index contributed by atoms with van der Waals surface area (Å²) in [6, 6.07) is 25.1. The predicted octanol–water partition coefficient (Wildman–Crippen LogP) is 4.05. The van der Waals surface area contributed by atoms with Gasteiger partial charge < -0.3 is 19.5 Å². The van der Waals surface area contributed by atoms with Gasteiger partial charge in [0.2, 0.25) is 5.91 Å². The monoisotopic (exact) mass is 446 g/mol. The second-order valence-electron chi connectivity index (χ2n) is 7.96. The molecule has 0 bridgehead atoms. The number of amides is 1. The van der Waals surface area contributed by atoms with Crippen LogP contribution < -0.4 is 14.8 Å². The quantitative estimate of drug-likeness (QED) is 0.509. The third-order valence-electron chi connectivity index (χ3n) is 5.46. The molecular formula is C27H30N2O4. The van der Waals surface area contributed by atoms with Gasteiger partial charge in [0, 0.05) is 26.2 Å². The number of rotatable bonds is 10. The van der Waals surface area contributed by atoms with Gasteiger partial charge >= 0.3 is 0 Å². The molecule has 3 aromatic carbocycles. The van der Waals surface area contributed by atoms with E-state index in [0.29, 0.717) is 19.6 Å². The number of hydrogen-bond donors (Lipinski definition) is 1. The van der Waals surface area contributed by atoms with E-state index < -0.39 is 0 Å². The fraction of sp³-hybridized carbons (Fsp3) is 0.296. The number of carbonyl (C=O) groups is 1. The van der Waals surface area contributed by atoms with Crippen LogP contribution in [-0.4, -0.2) is 50.3 Å². The maximum Gasteiger partial charge on any atom is 0.224 e. The van der Waals surface area contributed by atoms with Gasteiger partial charge in [-0.3, -0.25) is 9.69 Å². The molecule has 33 heavy (non-hydrogen) atoms. The van der Waals surface area contributed by atoms with Gasteiger partial charge in [0.25, 0.3) is 0 Å². The Kier molecular flexibility index (Phi) is 8.33. The minimum atomic E-state index is 0.00813. The molecule has 6 nitrogen and oxygen atoms in total. The Bertz CT molecular complexity index is 985. The summed E-state index contributed by atoms with van der Waals surface area (Å²) in [6.45, 7) is 5.59. The molecule has 4 rings (SSSR count). The van der Waals surface area contributed by atoms with Gasteiger partial charge in [-0.2, -0.15) is 0 Å². The van der Waals surface area contributed by atoms with Gasteiger partial charge in [0.15, 0.2) is 0 Å². The molecule has 0 aliphatic carbocycles. The van der Waals surface area contributed by atoms with Gasteiger partial charge in [0.1, 0.15) is 23.9 Å². The van der Waals surface area contributed by atoms with E-state index in [4.69, 9.17) is 14.2 Å². The maximum atomic E-state index is 12.1. The van der Waals surface area contributed by atoms with Crippen molar-refractivity contribution >= 4 is 5.91 Å². The number of nitrogens with zero attached hydrogens (tertiary/aromatic N) is 1. The summed E-state index contributed by atoms with van der Waals surface area (Å²) in [5.74, 6) is 2.33. The van der Waals surface area contributed by atoms with Crippen LogP contribution in [0, 0.1) is 0 Å². The van der Waals surface area contributed by atoms with Crippen molar-refractivity contribution in [2.45, 2.75) is 13.0 Å². The number of hydrogen-bond acceptors (Lipinski definition) is 5. The molecule has 172 valence electrons. The molecule has 0 unspecified atom stereocenters. The summed E-state index contributed by atoms with van der Waals surface area (Å²) in [5, 5.41) is 2.96. The highest BCUT2D eigenvalue weighted by atomic mass is 16.5. The zero-order valence-electron chi connectivity index (χ0n) is 18.7. The van der Waals surface area contributed by atoms with Crippen LogP contribution in [0.4, 0.5) is 0 Å². The molecule has 0 aromatic heterocycles. The molecule has 1 fully saturated rings. The fourth-order valence-electron chi connectivity index (χ4n) is 3.58. The number of carbonyl (C=O) groups excluding carboxylic acids is 1. The largest absolute Gasteiger partial charge is 0.492 e. The molecule has 1 heterocycles. The first-order valence-electron chi connectivity index (χ1n) is 11.3. The molecule has 1 saturated heterocycles. The normalized spacial score (nSPS) is 13.9. The Morgan fingerprint density at radius 3 is 2.15 bits per heavy atom. The lowest BCUT2D eigenvalue weighted by atomic mass is 10.1. The SMILES string of the molecule is O=C(Cc1ccccc1)NCc1ccc(Oc2ccc(OCCN3CCOCC3)cc2)cc1. The summed E-state index contributed by atoms with van der Waals surface area (Å²) in [6.07, 6.45) is 0.384. The zero-order chi connectivity index (χ0) is 22.7. The van der Waals surface area contributed by atoms with Crippen LogP contribution in [0.2, 0.25) is 0 Å². The van der Waals surface area contributed by atoms with Gasteiger partial charge in [-0.25, -0.2) is 0 Å². The standard InChI is InChI=1S/C27H30N2O4/c30-27(20-22-4-2-1-3-5-22)28-21-23-6-8-25(9-7-23)33-26-12-10-24(11-13-26)32-19-16-29-14-17-31-18-15-29/h1-13H,14-21H2,(H,28,30). The highest BCUT2D eigenvalue weighted by Crippen LogP contribution is 2.24. The lowest BCUT2D eigenvalue weighted by Gasteiger charge is -2.26. The summed E-state index contributed by atoms with van der Waals surface area (Å²) < 4.78 is 17.1. The van der Waals surface area contributed by atoms with E-state index >= 15 is 0 Å². The Balaban J connectivity index is 1.18. The molecule has 1 amide bonds. The molecule has 1 aliphatic heterocycles. The molecule has 3 aromatic rings. The van der Waals surface area contributed by atoms with Gasteiger partial charge in [-0.15, -0.1) is 0 Å². The smallest absolute Gasteiger partial charge is 0.224 e. The molecule has 1 N–H and O–H groups in total. The van der Waals surface area contributed by atoms with Crippen molar-refractivity contribution in [2.24, 2.45) is 0 Å². The van der Waals surface area contributed by atoms with Crippen molar-refractivity contribution < 1.29 is 19.0 Å².